The number of nitrogens with two attached hydrogens (primary N) is 1. The van der Waals surface area contributed by atoms with E-state index in [0.29, 0.717) is 31.5 Å². The lowest BCUT2D eigenvalue weighted by molar-refractivity contribution is -0.118. The number of carbonyl (C=O) groups is 2. The molecule has 2 aliphatic rings. The summed E-state index contributed by atoms with van der Waals surface area (Å²) in [5.74, 6) is 6.22. The molecule has 0 fully saturated rings. The SMILES string of the molecule is CC.CCN(CCC(C)NC(=O)C1=C=C/C=C(N(N)C2=CCC=CC=C2C)\C=C/C1)C(=O)OC(C)(C)C. The molecule has 0 saturated heterocycles. The molecule has 0 aromatic rings. The number of hydrazine groups is 1. The van der Waals surface area contributed by atoms with E-state index in [1.807, 2.05) is 85.8 Å². The van der Waals surface area contributed by atoms with Crippen LogP contribution in [0, 0.1) is 0 Å². The van der Waals surface area contributed by atoms with Crippen molar-refractivity contribution < 1.29 is 14.3 Å². The van der Waals surface area contributed by atoms with Crippen LogP contribution in [0.3, 0.4) is 0 Å². The van der Waals surface area contributed by atoms with Crippen molar-refractivity contribution in [2.75, 3.05) is 13.1 Å². The third-order valence-corrected chi connectivity index (χ3v) is 5.51. The van der Waals surface area contributed by atoms with Crippen LogP contribution in [0.25, 0.3) is 0 Å². The Labute approximate surface area is 223 Å². The van der Waals surface area contributed by atoms with Gasteiger partial charge in [0.1, 0.15) is 5.60 Å². The molecule has 1 atom stereocenters. The summed E-state index contributed by atoms with van der Waals surface area (Å²) in [4.78, 5) is 26.8. The van der Waals surface area contributed by atoms with Crippen LogP contribution in [-0.2, 0) is 9.53 Å². The van der Waals surface area contributed by atoms with Crippen molar-refractivity contribution in [2.45, 2.75) is 86.3 Å². The molecule has 0 bridgehead atoms. The molecule has 2 amide bonds. The van der Waals surface area contributed by atoms with E-state index in [1.54, 1.807) is 16.0 Å². The Morgan fingerprint density at radius 3 is 2.57 bits per heavy atom. The second-order valence-corrected chi connectivity index (χ2v) is 9.68. The van der Waals surface area contributed by atoms with Crippen LogP contribution in [0.2, 0.25) is 0 Å². The maximum Gasteiger partial charge on any atom is 0.410 e. The Bertz CT molecular complexity index is 1000. The van der Waals surface area contributed by atoms with Gasteiger partial charge in [-0.05, 0) is 78.2 Å². The first kappa shape index (κ1) is 31.7. The molecule has 204 valence electrons. The van der Waals surface area contributed by atoms with E-state index in [9.17, 15) is 9.59 Å². The van der Waals surface area contributed by atoms with Crippen molar-refractivity contribution >= 4 is 12.0 Å². The van der Waals surface area contributed by atoms with Gasteiger partial charge in [-0.2, -0.15) is 0 Å². The van der Waals surface area contributed by atoms with E-state index >= 15 is 0 Å². The number of ether oxygens (including phenoxy) is 1. The van der Waals surface area contributed by atoms with Gasteiger partial charge in [0.2, 0.25) is 0 Å². The van der Waals surface area contributed by atoms with E-state index < -0.39 is 5.60 Å². The van der Waals surface area contributed by atoms with E-state index in [4.69, 9.17) is 10.6 Å². The van der Waals surface area contributed by atoms with Crippen LogP contribution in [0.4, 0.5) is 4.79 Å². The lowest BCUT2D eigenvalue weighted by atomic mass is 10.1. The molecule has 0 heterocycles. The zero-order valence-electron chi connectivity index (χ0n) is 23.9. The number of hydrogen-bond acceptors (Lipinski definition) is 5. The Kier molecular flexibility index (Phi) is 13.5. The molecule has 3 N–H and O–H groups in total. The molecule has 2 rings (SSSR count). The molecule has 0 saturated carbocycles. The predicted octanol–water partition coefficient (Wildman–Crippen LogP) is 6.06. The van der Waals surface area contributed by atoms with Crippen LogP contribution in [0.1, 0.15) is 74.7 Å². The van der Waals surface area contributed by atoms with Gasteiger partial charge in [-0.15, -0.1) is 5.73 Å². The second-order valence-electron chi connectivity index (χ2n) is 9.68. The number of hydrogen-bond donors (Lipinski definition) is 2. The monoisotopic (exact) mass is 510 g/mol. The van der Waals surface area contributed by atoms with Crippen LogP contribution in [-0.4, -0.2) is 46.6 Å². The van der Waals surface area contributed by atoms with Gasteiger partial charge in [0.05, 0.1) is 17.0 Å². The summed E-state index contributed by atoms with van der Waals surface area (Å²) < 4.78 is 5.45. The minimum absolute atomic E-state index is 0.112. The summed E-state index contributed by atoms with van der Waals surface area (Å²) in [5, 5.41) is 4.67. The van der Waals surface area contributed by atoms with E-state index in [2.05, 4.69) is 23.2 Å². The van der Waals surface area contributed by atoms with Crippen molar-refractivity contribution in [2.24, 2.45) is 5.84 Å². The summed E-state index contributed by atoms with van der Waals surface area (Å²) in [6.45, 7) is 16.5. The third-order valence-electron chi connectivity index (χ3n) is 5.51. The number of nitrogens with one attached hydrogen (secondary N) is 1. The Hall–Kier alpha value is -3.28. The average molecular weight is 511 g/mol. The Morgan fingerprint density at radius 2 is 1.92 bits per heavy atom. The first-order valence-corrected chi connectivity index (χ1v) is 13.2. The van der Waals surface area contributed by atoms with E-state index in [0.717, 1.165) is 23.4 Å². The van der Waals surface area contributed by atoms with Crippen LogP contribution >= 0.6 is 0 Å². The van der Waals surface area contributed by atoms with Gasteiger partial charge >= 0.3 is 6.09 Å². The zero-order valence-corrected chi connectivity index (χ0v) is 23.9. The van der Waals surface area contributed by atoms with Gasteiger partial charge in [-0.3, -0.25) is 9.80 Å². The minimum Gasteiger partial charge on any atom is -0.444 e. The van der Waals surface area contributed by atoms with Gasteiger partial charge < -0.3 is 15.0 Å². The normalized spacial score (nSPS) is 18.1. The van der Waals surface area contributed by atoms with Crippen molar-refractivity contribution in [1.82, 2.24) is 15.2 Å². The fourth-order valence-electron chi connectivity index (χ4n) is 3.54. The lowest BCUT2D eigenvalue weighted by Gasteiger charge is -2.27. The number of amides is 2. The zero-order chi connectivity index (χ0) is 28.0. The standard InChI is InChI=1S/C28H40N4O3.C2H6/c1-7-31(27(34)35-28(4,5)6)20-19-22(3)30-26(33)23-14-11-16-24(17-12-15-23)32(29)25-18-10-8-9-13-21(25)2;1-2/h8-9,11-13,16-18,22H,7,10,14,19-20,29H2,1-6H3,(H,30,33);1-2H3/b16-11-,24-17+;. The number of nitrogens with zero attached hydrogens (tertiary/aromatic N) is 2. The van der Waals surface area contributed by atoms with Gasteiger partial charge in [0.25, 0.3) is 5.91 Å². The molecule has 7 heteroatoms. The van der Waals surface area contributed by atoms with Crippen LogP contribution in [0.5, 0.6) is 0 Å². The van der Waals surface area contributed by atoms with Gasteiger partial charge in [0.15, 0.2) is 0 Å². The number of carbonyl (C=O) groups excluding carboxylic acids is 2. The molecule has 0 aromatic carbocycles. The fourth-order valence-corrected chi connectivity index (χ4v) is 3.54. The summed E-state index contributed by atoms with van der Waals surface area (Å²) in [5.41, 5.74) is 5.94. The fraction of sp³-hybridized carbons (Fsp3) is 0.500. The average Bonchev–Trinajstić information content (AvgIpc) is 3.03. The molecule has 7 nitrogen and oxygen atoms in total. The van der Waals surface area contributed by atoms with Crippen molar-refractivity contribution in [3.05, 3.63) is 76.9 Å². The molecule has 2 aliphatic carbocycles. The van der Waals surface area contributed by atoms with Gasteiger partial charge in [-0.25, -0.2) is 10.6 Å². The largest absolute Gasteiger partial charge is 0.444 e. The summed E-state index contributed by atoms with van der Waals surface area (Å²) in [7, 11) is 0. The second kappa shape index (κ2) is 15.7. The van der Waals surface area contributed by atoms with Crippen molar-refractivity contribution in [1.29, 1.82) is 0 Å². The van der Waals surface area contributed by atoms with Crippen LogP contribution < -0.4 is 11.2 Å². The minimum atomic E-state index is -0.538. The van der Waals surface area contributed by atoms with Crippen molar-refractivity contribution in [3.63, 3.8) is 0 Å². The first-order valence-electron chi connectivity index (χ1n) is 13.2. The number of allylic oxidation sites excluding steroid dienone is 8. The summed E-state index contributed by atoms with van der Waals surface area (Å²) in [6, 6.07) is -0.112. The van der Waals surface area contributed by atoms with E-state index in [-0.39, 0.29) is 18.0 Å². The van der Waals surface area contributed by atoms with Crippen molar-refractivity contribution in [3.8, 4) is 0 Å². The summed E-state index contributed by atoms with van der Waals surface area (Å²) in [6.07, 6.45) is 17.2. The topological polar surface area (TPSA) is 87.9 Å². The molecular weight excluding hydrogens is 464 g/mol. The first-order chi connectivity index (χ1) is 17.5. The lowest BCUT2D eigenvalue weighted by Crippen LogP contribution is -2.40. The maximum atomic E-state index is 12.8. The molecule has 0 aliphatic heterocycles. The molecule has 1 unspecified atom stereocenters. The number of rotatable bonds is 8. The molecule has 0 radical (unpaired) electrons. The summed E-state index contributed by atoms with van der Waals surface area (Å²) >= 11 is 0. The van der Waals surface area contributed by atoms with E-state index in [1.165, 1.54) is 0 Å². The Balaban J connectivity index is 0.00000334. The molecule has 0 spiro atoms. The highest BCUT2D eigenvalue weighted by Gasteiger charge is 2.22. The molecule has 0 aromatic heterocycles. The molecule has 37 heavy (non-hydrogen) atoms. The maximum absolute atomic E-state index is 12.8. The quantitative estimate of drug-likeness (QED) is 0.236. The smallest absolute Gasteiger partial charge is 0.410 e. The predicted molar refractivity (Wildman–Crippen MR) is 152 cm³/mol. The van der Waals surface area contributed by atoms with Gasteiger partial charge in [0, 0.05) is 25.6 Å². The Morgan fingerprint density at radius 1 is 1.22 bits per heavy atom. The van der Waals surface area contributed by atoms with Crippen LogP contribution in [0.15, 0.2) is 76.9 Å². The highest BCUT2D eigenvalue weighted by molar-refractivity contribution is 5.93. The van der Waals surface area contributed by atoms with Gasteiger partial charge in [-0.1, -0.05) is 44.2 Å². The highest BCUT2D eigenvalue weighted by Crippen LogP contribution is 2.21. The molecular formula is C30H46N4O3. The highest BCUT2D eigenvalue weighted by atomic mass is 16.6. The third kappa shape index (κ3) is 11.1.